The van der Waals surface area contributed by atoms with Gasteiger partial charge in [-0.25, -0.2) is 0 Å². The molecule has 0 N–H and O–H groups in total. The van der Waals surface area contributed by atoms with Crippen LogP contribution in [0.15, 0.2) is 0 Å². The second-order valence-corrected chi connectivity index (χ2v) is 4.10. The quantitative estimate of drug-likeness (QED) is 0.654. The first kappa shape index (κ1) is 9.26. The molecule has 1 fully saturated rings. The van der Waals surface area contributed by atoms with Gasteiger partial charge < -0.3 is 4.90 Å². The fourth-order valence-electron chi connectivity index (χ4n) is 1.25. The standard InChI is InChI=1S/C7H13NOS2/c1-11-6-2-3-8(4-6)7(9)5-10/h6,10H,2-5H2,1H3. The number of thioether (sulfide) groups is 1. The van der Waals surface area contributed by atoms with E-state index in [-0.39, 0.29) is 5.91 Å². The first-order valence-electron chi connectivity index (χ1n) is 3.69. The monoisotopic (exact) mass is 191 g/mol. The van der Waals surface area contributed by atoms with Crippen molar-refractivity contribution in [2.24, 2.45) is 0 Å². The van der Waals surface area contributed by atoms with Crippen molar-refractivity contribution in [1.29, 1.82) is 0 Å². The third kappa shape index (κ3) is 2.30. The van der Waals surface area contributed by atoms with Gasteiger partial charge in [-0.1, -0.05) is 0 Å². The molecule has 64 valence electrons. The Kier molecular flexibility index (Phi) is 3.59. The molecule has 0 aromatic heterocycles. The zero-order chi connectivity index (χ0) is 8.27. The van der Waals surface area contributed by atoms with Crippen molar-refractivity contribution in [2.75, 3.05) is 25.1 Å². The molecule has 1 aliphatic heterocycles. The van der Waals surface area contributed by atoms with E-state index in [1.807, 2.05) is 16.7 Å². The molecule has 0 aliphatic carbocycles. The Morgan fingerprint density at radius 2 is 2.55 bits per heavy atom. The molecule has 1 heterocycles. The van der Waals surface area contributed by atoms with Crippen LogP contribution < -0.4 is 0 Å². The lowest BCUT2D eigenvalue weighted by molar-refractivity contribution is -0.127. The van der Waals surface area contributed by atoms with Gasteiger partial charge in [0.1, 0.15) is 0 Å². The van der Waals surface area contributed by atoms with E-state index >= 15 is 0 Å². The SMILES string of the molecule is CSC1CCN(C(=O)CS)C1. The van der Waals surface area contributed by atoms with Crippen LogP contribution in [0.3, 0.4) is 0 Å². The first-order valence-corrected chi connectivity index (χ1v) is 5.61. The predicted octanol–water partition coefficient (Wildman–Crippen LogP) is 0.880. The van der Waals surface area contributed by atoms with Gasteiger partial charge in [0, 0.05) is 18.3 Å². The predicted molar refractivity (Wildman–Crippen MR) is 52.4 cm³/mol. The maximum absolute atomic E-state index is 11.1. The molecule has 0 spiro atoms. The number of likely N-dealkylation sites (tertiary alicyclic amines) is 1. The second kappa shape index (κ2) is 4.26. The molecule has 0 aromatic carbocycles. The number of hydrogen-bond donors (Lipinski definition) is 1. The van der Waals surface area contributed by atoms with Crippen LogP contribution in [-0.4, -0.2) is 41.2 Å². The van der Waals surface area contributed by atoms with Gasteiger partial charge in [0.25, 0.3) is 0 Å². The molecule has 1 unspecified atom stereocenters. The number of thiol groups is 1. The van der Waals surface area contributed by atoms with Crippen LogP contribution in [0.2, 0.25) is 0 Å². The van der Waals surface area contributed by atoms with Crippen LogP contribution in [0.4, 0.5) is 0 Å². The van der Waals surface area contributed by atoms with Crippen molar-refractivity contribution in [3.8, 4) is 0 Å². The summed E-state index contributed by atoms with van der Waals surface area (Å²) in [7, 11) is 0. The molecule has 1 saturated heterocycles. The van der Waals surface area contributed by atoms with Crippen LogP contribution >= 0.6 is 24.4 Å². The van der Waals surface area contributed by atoms with E-state index < -0.39 is 0 Å². The molecule has 1 atom stereocenters. The second-order valence-electron chi connectivity index (χ2n) is 2.64. The summed E-state index contributed by atoms with van der Waals surface area (Å²) in [6.07, 6.45) is 3.24. The van der Waals surface area contributed by atoms with Crippen LogP contribution in [0, 0.1) is 0 Å². The van der Waals surface area contributed by atoms with Crippen LogP contribution in [0.1, 0.15) is 6.42 Å². The summed E-state index contributed by atoms with van der Waals surface area (Å²) in [4.78, 5) is 13.0. The summed E-state index contributed by atoms with van der Waals surface area (Å²) in [5, 5.41) is 0.652. The normalized spacial score (nSPS) is 24.2. The molecule has 1 amide bonds. The Morgan fingerprint density at radius 3 is 3.00 bits per heavy atom. The fourth-order valence-corrected chi connectivity index (χ4v) is 2.12. The molecule has 1 rings (SSSR count). The summed E-state index contributed by atoms with van der Waals surface area (Å²) in [6, 6.07) is 0. The third-order valence-corrected chi connectivity index (χ3v) is 3.29. The van der Waals surface area contributed by atoms with E-state index in [1.165, 1.54) is 0 Å². The van der Waals surface area contributed by atoms with Gasteiger partial charge in [-0.15, -0.1) is 0 Å². The lowest BCUT2D eigenvalue weighted by Gasteiger charge is -2.13. The van der Waals surface area contributed by atoms with E-state index in [2.05, 4.69) is 18.9 Å². The topological polar surface area (TPSA) is 20.3 Å². The van der Waals surface area contributed by atoms with Gasteiger partial charge in [0.05, 0.1) is 5.75 Å². The Balaban J connectivity index is 2.35. The van der Waals surface area contributed by atoms with Crippen molar-refractivity contribution >= 4 is 30.3 Å². The average molecular weight is 191 g/mol. The first-order chi connectivity index (χ1) is 5.27. The van der Waals surface area contributed by atoms with Crippen molar-refractivity contribution in [2.45, 2.75) is 11.7 Å². The van der Waals surface area contributed by atoms with Gasteiger partial charge >= 0.3 is 0 Å². The van der Waals surface area contributed by atoms with Gasteiger partial charge in [-0.2, -0.15) is 24.4 Å². The van der Waals surface area contributed by atoms with Crippen LogP contribution in [-0.2, 0) is 4.79 Å². The molecule has 0 saturated carbocycles. The van der Waals surface area contributed by atoms with Crippen molar-refractivity contribution in [1.82, 2.24) is 4.90 Å². The highest BCUT2D eigenvalue weighted by molar-refractivity contribution is 7.99. The summed E-state index contributed by atoms with van der Waals surface area (Å²) in [5.74, 6) is 0.520. The zero-order valence-corrected chi connectivity index (χ0v) is 8.33. The summed E-state index contributed by atoms with van der Waals surface area (Å²) in [6.45, 7) is 1.84. The van der Waals surface area contributed by atoms with Crippen molar-refractivity contribution in [3.05, 3.63) is 0 Å². The van der Waals surface area contributed by atoms with E-state index in [9.17, 15) is 4.79 Å². The third-order valence-electron chi connectivity index (χ3n) is 1.97. The van der Waals surface area contributed by atoms with E-state index in [1.54, 1.807) is 0 Å². The molecule has 0 bridgehead atoms. The lowest BCUT2D eigenvalue weighted by Crippen LogP contribution is -2.29. The highest BCUT2D eigenvalue weighted by atomic mass is 32.2. The zero-order valence-electron chi connectivity index (χ0n) is 6.62. The molecule has 0 radical (unpaired) electrons. The number of rotatable bonds is 2. The number of hydrogen-bond acceptors (Lipinski definition) is 3. The largest absolute Gasteiger partial charge is 0.341 e. The molecule has 2 nitrogen and oxygen atoms in total. The molecule has 11 heavy (non-hydrogen) atoms. The highest BCUT2D eigenvalue weighted by Crippen LogP contribution is 2.19. The minimum atomic E-state index is 0.171. The van der Waals surface area contributed by atoms with Gasteiger partial charge in [0.15, 0.2) is 0 Å². The number of carbonyl (C=O) groups is 1. The van der Waals surface area contributed by atoms with E-state index in [0.29, 0.717) is 11.0 Å². The summed E-state index contributed by atoms with van der Waals surface area (Å²) >= 11 is 5.80. The molecule has 4 heteroatoms. The molecular formula is C7H13NOS2. The smallest absolute Gasteiger partial charge is 0.232 e. The number of carbonyl (C=O) groups excluding carboxylic acids is 1. The Hall–Kier alpha value is 0.170. The Labute approximate surface area is 77.1 Å². The molecule has 1 aliphatic rings. The van der Waals surface area contributed by atoms with Gasteiger partial charge in [-0.05, 0) is 12.7 Å². The lowest BCUT2D eigenvalue weighted by atomic mass is 10.4. The van der Waals surface area contributed by atoms with E-state index in [0.717, 1.165) is 19.5 Å². The van der Waals surface area contributed by atoms with Crippen LogP contribution in [0.25, 0.3) is 0 Å². The van der Waals surface area contributed by atoms with Gasteiger partial charge in [-0.3, -0.25) is 4.79 Å². The maximum atomic E-state index is 11.1. The summed E-state index contributed by atoms with van der Waals surface area (Å²) < 4.78 is 0. The average Bonchev–Trinajstić information content (AvgIpc) is 2.50. The highest BCUT2D eigenvalue weighted by Gasteiger charge is 2.24. The fraction of sp³-hybridized carbons (Fsp3) is 0.857. The van der Waals surface area contributed by atoms with Gasteiger partial charge in [0.2, 0.25) is 5.91 Å². The van der Waals surface area contributed by atoms with E-state index in [4.69, 9.17) is 0 Å². The molecule has 0 aromatic rings. The minimum Gasteiger partial charge on any atom is -0.341 e. The maximum Gasteiger partial charge on any atom is 0.232 e. The molecular weight excluding hydrogens is 178 g/mol. The Bertz CT molecular complexity index is 151. The number of amides is 1. The Morgan fingerprint density at radius 1 is 1.82 bits per heavy atom. The summed E-state index contributed by atoms with van der Waals surface area (Å²) in [5.41, 5.74) is 0. The van der Waals surface area contributed by atoms with Crippen LogP contribution in [0.5, 0.6) is 0 Å². The van der Waals surface area contributed by atoms with Crippen molar-refractivity contribution < 1.29 is 4.79 Å². The van der Waals surface area contributed by atoms with Crippen molar-refractivity contribution in [3.63, 3.8) is 0 Å². The minimum absolute atomic E-state index is 0.171. The number of nitrogens with zero attached hydrogens (tertiary/aromatic N) is 1.